The summed E-state index contributed by atoms with van der Waals surface area (Å²) >= 11 is 0. The zero-order chi connectivity index (χ0) is 10.8. The quantitative estimate of drug-likeness (QED) is 0.809. The normalized spacial score (nSPS) is 11.2. The van der Waals surface area contributed by atoms with Crippen molar-refractivity contribution in [3.05, 3.63) is 29.8 Å². The van der Waals surface area contributed by atoms with Crippen molar-refractivity contribution >= 4 is 15.8 Å². The van der Waals surface area contributed by atoms with Gasteiger partial charge in [0.05, 0.1) is 4.90 Å². The van der Waals surface area contributed by atoms with E-state index >= 15 is 0 Å². The van der Waals surface area contributed by atoms with Gasteiger partial charge in [-0.25, -0.2) is 8.42 Å². The molecule has 1 aromatic carbocycles. The maximum atomic E-state index is 11.4. The van der Waals surface area contributed by atoms with Gasteiger partial charge in [-0.3, -0.25) is 4.79 Å². The van der Waals surface area contributed by atoms with Crippen LogP contribution in [0.2, 0.25) is 0 Å². The lowest BCUT2D eigenvalue weighted by Crippen LogP contribution is -2.15. The van der Waals surface area contributed by atoms with Crippen LogP contribution in [0.1, 0.15) is 5.56 Å². The summed E-state index contributed by atoms with van der Waals surface area (Å²) in [6, 6.07) is 6.19. The second-order valence-corrected chi connectivity index (χ2v) is 4.96. The van der Waals surface area contributed by atoms with Crippen molar-refractivity contribution in [3.8, 4) is 0 Å². The number of hydrogen-bond acceptors (Lipinski definition) is 3. The summed E-state index contributed by atoms with van der Waals surface area (Å²) in [7, 11) is -3.68. The van der Waals surface area contributed by atoms with E-state index in [0.717, 1.165) is 5.56 Å². The fraction of sp³-hybridized carbons (Fsp3) is 0.222. The minimum absolute atomic E-state index is 0.0555. The van der Waals surface area contributed by atoms with Crippen molar-refractivity contribution in [2.45, 2.75) is 11.8 Å². The largest absolute Gasteiger partial charge is 0.480 e. The van der Waals surface area contributed by atoms with Crippen molar-refractivity contribution in [1.29, 1.82) is 0 Å². The Kier molecular flexibility index (Phi) is 2.90. The fourth-order valence-electron chi connectivity index (χ4n) is 1.05. The molecule has 5 heteroatoms. The lowest BCUT2D eigenvalue weighted by atomic mass is 10.2. The Morgan fingerprint density at radius 1 is 1.43 bits per heavy atom. The average Bonchev–Trinajstić information content (AvgIpc) is 2.01. The van der Waals surface area contributed by atoms with Crippen LogP contribution in [-0.4, -0.2) is 25.2 Å². The highest BCUT2D eigenvalue weighted by Crippen LogP contribution is 2.12. The topological polar surface area (TPSA) is 71.4 Å². The van der Waals surface area contributed by atoms with E-state index in [4.69, 9.17) is 5.11 Å². The molecule has 0 aliphatic heterocycles. The second-order valence-electron chi connectivity index (χ2n) is 2.97. The Balaban J connectivity index is 3.11. The van der Waals surface area contributed by atoms with Gasteiger partial charge in [-0.05, 0) is 24.6 Å². The van der Waals surface area contributed by atoms with E-state index in [0.29, 0.717) is 0 Å². The summed E-state index contributed by atoms with van der Waals surface area (Å²) in [5.41, 5.74) is 0.788. The van der Waals surface area contributed by atoms with E-state index in [2.05, 4.69) is 0 Å². The molecule has 0 radical (unpaired) electrons. The molecular formula is C9H10O4S. The highest BCUT2D eigenvalue weighted by Gasteiger charge is 2.18. The molecule has 0 unspecified atom stereocenters. The van der Waals surface area contributed by atoms with Crippen molar-refractivity contribution < 1.29 is 18.3 Å². The standard InChI is InChI=1S/C9H10O4S/c1-7-3-2-4-8(5-7)14(12,13)6-9(10)11/h2-5H,6H2,1H3,(H,10,11). The molecule has 4 nitrogen and oxygen atoms in total. The van der Waals surface area contributed by atoms with Crippen molar-refractivity contribution in [2.75, 3.05) is 5.75 Å². The number of hydrogen-bond donors (Lipinski definition) is 1. The van der Waals surface area contributed by atoms with E-state index in [-0.39, 0.29) is 4.90 Å². The first kappa shape index (κ1) is 10.7. The predicted molar refractivity (Wildman–Crippen MR) is 50.9 cm³/mol. The lowest BCUT2D eigenvalue weighted by Gasteiger charge is -2.01. The number of benzene rings is 1. The first-order valence-corrected chi connectivity index (χ1v) is 5.58. The molecule has 0 aliphatic rings. The van der Waals surface area contributed by atoms with Crippen molar-refractivity contribution in [1.82, 2.24) is 0 Å². The summed E-state index contributed by atoms with van der Waals surface area (Å²) < 4.78 is 22.8. The highest BCUT2D eigenvalue weighted by molar-refractivity contribution is 7.92. The van der Waals surface area contributed by atoms with Gasteiger partial charge in [-0.1, -0.05) is 12.1 Å². The molecule has 76 valence electrons. The Bertz CT molecular complexity index is 448. The first-order valence-electron chi connectivity index (χ1n) is 3.93. The summed E-state index contributed by atoms with van der Waals surface area (Å²) in [6.45, 7) is 1.75. The minimum atomic E-state index is -3.68. The van der Waals surface area contributed by atoms with Gasteiger partial charge in [-0.15, -0.1) is 0 Å². The van der Waals surface area contributed by atoms with Crippen molar-refractivity contribution in [2.24, 2.45) is 0 Å². The molecule has 0 atom stereocenters. The number of carboxylic acid groups (broad SMARTS) is 1. The maximum Gasteiger partial charge on any atom is 0.319 e. The summed E-state index contributed by atoms with van der Waals surface area (Å²) in [4.78, 5) is 10.3. The zero-order valence-electron chi connectivity index (χ0n) is 7.60. The van der Waals surface area contributed by atoms with Crippen LogP contribution in [0.4, 0.5) is 0 Å². The van der Waals surface area contributed by atoms with Crippen LogP contribution < -0.4 is 0 Å². The molecule has 1 N–H and O–H groups in total. The zero-order valence-corrected chi connectivity index (χ0v) is 8.41. The second kappa shape index (κ2) is 3.79. The van der Waals surface area contributed by atoms with Crippen LogP contribution in [0, 0.1) is 6.92 Å². The minimum Gasteiger partial charge on any atom is -0.480 e. The SMILES string of the molecule is Cc1cccc(S(=O)(=O)CC(=O)O)c1. The van der Waals surface area contributed by atoms with Crippen LogP contribution in [0.15, 0.2) is 29.2 Å². The van der Waals surface area contributed by atoms with Gasteiger partial charge in [0.15, 0.2) is 15.6 Å². The van der Waals surface area contributed by atoms with E-state index in [1.165, 1.54) is 12.1 Å². The van der Waals surface area contributed by atoms with Crippen LogP contribution in [0.5, 0.6) is 0 Å². The number of aliphatic carboxylic acids is 1. The predicted octanol–water partition coefficient (Wildman–Crippen LogP) is 0.853. The van der Waals surface area contributed by atoms with E-state index in [9.17, 15) is 13.2 Å². The molecular weight excluding hydrogens is 204 g/mol. The summed E-state index contributed by atoms with van der Waals surface area (Å²) in [5.74, 6) is -2.21. The number of aryl methyl sites for hydroxylation is 1. The van der Waals surface area contributed by atoms with Crippen molar-refractivity contribution in [3.63, 3.8) is 0 Å². The molecule has 0 heterocycles. The number of carboxylic acids is 1. The van der Waals surface area contributed by atoms with Gasteiger partial charge >= 0.3 is 5.97 Å². The number of rotatable bonds is 3. The third-order valence-corrected chi connectivity index (χ3v) is 3.26. The number of sulfone groups is 1. The first-order chi connectivity index (χ1) is 6.42. The molecule has 1 aromatic rings. The maximum absolute atomic E-state index is 11.4. The lowest BCUT2D eigenvalue weighted by molar-refractivity contribution is -0.134. The molecule has 0 spiro atoms. The van der Waals surface area contributed by atoms with E-state index in [1.54, 1.807) is 19.1 Å². The van der Waals surface area contributed by atoms with Gasteiger partial charge < -0.3 is 5.11 Å². The Morgan fingerprint density at radius 2 is 2.07 bits per heavy atom. The molecule has 0 saturated carbocycles. The Labute approximate surface area is 82.1 Å². The molecule has 0 fully saturated rings. The Morgan fingerprint density at radius 3 is 2.57 bits per heavy atom. The van der Waals surface area contributed by atoms with Gasteiger partial charge in [0.1, 0.15) is 0 Å². The third kappa shape index (κ3) is 2.56. The third-order valence-electron chi connectivity index (χ3n) is 1.66. The van der Waals surface area contributed by atoms with E-state index in [1.807, 2.05) is 0 Å². The Hall–Kier alpha value is -1.36. The molecule has 0 amide bonds. The smallest absolute Gasteiger partial charge is 0.319 e. The monoisotopic (exact) mass is 214 g/mol. The van der Waals surface area contributed by atoms with Crippen LogP contribution >= 0.6 is 0 Å². The summed E-state index contributed by atoms with van der Waals surface area (Å²) in [5, 5.41) is 8.40. The molecule has 0 bridgehead atoms. The molecule has 0 aromatic heterocycles. The fourth-order valence-corrected chi connectivity index (χ4v) is 2.20. The van der Waals surface area contributed by atoms with Gasteiger partial charge in [0, 0.05) is 0 Å². The van der Waals surface area contributed by atoms with Crippen LogP contribution in [0.3, 0.4) is 0 Å². The number of carbonyl (C=O) groups is 1. The van der Waals surface area contributed by atoms with Gasteiger partial charge in [-0.2, -0.15) is 0 Å². The van der Waals surface area contributed by atoms with Crippen LogP contribution in [-0.2, 0) is 14.6 Å². The van der Waals surface area contributed by atoms with Gasteiger partial charge in [0.2, 0.25) is 0 Å². The summed E-state index contributed by atoms with van der Waals surface area (Å²) in [6.07, 6.45) is 0. The molecule has 14 heavy (non-hydrogen) atoms. The van der Waals surface area contributed by atoms with Gasteiger partial charge in [0.25, 0.3) is 0 Å². The van der Waals surface area contributed by atoms with E-state index < -0.39 is 21.6 Å². The van der Waals surface area contributed by atoms with Crippen LogP contribution in [0.25, 0.3) is 0 Å². The average molecular weight is 214 g/mol. The molecule has 0 saturated heterocycles. The molecule has 1 rings (SSSR count). The molecule has 0 aliphatic carbocycles. The highest BCUT2D eigenvalue weighted by atomic mass is 32.2.